The van der Waals surface area contributed by atoms with E-state index in [9.17, 15) is 9.59 Å². The maximum atomic E-state index is 12.2. The Hall–Kier alpha value is -2.18. The second-order valence-electron chi connectivity index (χ2n) is 4.93. The molecule has 120 valence electrons. The molecular weight excluding hydrogens is 334 g/mol. The van der Waals surface area contributed by atoms with E-state index in [1.807, 2.05) is 13.0 Å². The van der Waals surface area contributed by atoms with E-state index in [1.54, 1.807) is 36.4 Å². The van der Waals surface area contributed by atoms with E-state index in [1.165, 1.54) is 11.2 Å². The van der Waals surface area contributed by atoms with Crippen LogP contribution < -0.4 is 14.9 Å². The lowest BCUT2D eigenvalue weighted by Gasteiger charge is -2.17. The van der Waals surface area contributed by atoms with Crippen molar-refractivity contribution in [3.63, 3.8) is 0 Å². The molecule has 0 bridgehead atoms. The van der Waals surface area contributed by atoms with E-state index in [0.29, 0.717) is 22.1 Å². The van der Waals surface area contributed by atoms with Crippen LogP contribution in [-0.2, 0) is 4.79 Å². The number of aryl methyl sites for hydroxylation is 1. The van der Waals surface area contributed by atoms with E-state index in [2.05, 4.69) is 23.4 Å². The van der Waals surface area contributed by atoms with Crippen molar-refractivity contribution >= 4 is 53.4 Å². The van der Waals surface area contributed by atoms with Gasteiger partial charge in [-0.1, -0.05) is 30.5 Å². The minimum atomic E-state index is -0.416. The Morgan fingerprint density at radius 1 is 1.04 bits per heavy atom. The summed E-state index contributed by atoms with van der Waals surface area (Å²) < 4.78 is 1.17. The van der Waals surface area contributed by atoms with Crippen LogP contribution in [0.2, 0.25) is 5.02 Å². The van der Waals surface area contributed by atoms with E-state index in [-0.39, 0.29) is 5.91 Å². The molecule has 0 aromatic heterocycles. The first-order valence-electron chi connectivity index (χ1n) is 6.80. The molecule has 2 aromatic rings. The molecule has 0 aliphatic rings. The maximum Gasteiger partial charge on any atom is 0.336 e. The second-order valence-corrected chi connectivity index (χ2v) is 5.74. The molecule has 0 saturated carbocycles. The number of nitrogens with zero attached hydrogens (tertiary/aromatic N) is 1. The molecule has 0 saturated heterocycles. The number of carbonyl (C=O) groups is 2. The van der Waals surface area contributed by atoms with Gasteiger partial charge in [-0.25, -0.2) is 9.10 Å². The molecule has 0 heterocycles. The third-order valence-corrected chi connectivity index (χ3v) is 3.87. The summed E-state index contributed by atoms with van der Waals surface area (Å²) in [7, 11) is 0. The van der Waals surface area contributed by atoms with Gasteiger partial charge in [0.25, 0.3) is 0 Å². The van der Waals surface area contributed by atoms with Crippen molar-refractivity contribution in [3.05, 3.63) is 53.1 Å². The highest BCUT2D eigenvalue weighted by atomic mass is 35.5. The van der Waals surface area contributed by atoms with Gasteiger partial charge < -0.3 is 10.6 Å². The van der Waals surface area contributed by atoms with Crippen LogP contribution in [0.25, 0.3) is 0 Å². The number of thiol groups is 1. The molecule has 2 aromatic carbocycles. The number of amides is 3. The van der Waals surface area contributed by atoms with Gasteiger partial charge in [-0.05, 0) is 48.9 Å². The Labute approximate surface area is 145 Å². The summed E-state index contributed by atoms with van der Waals surface area (Å²) in [5.74, 6) is -0.158. The highest BCUT2D eigenvalue weighted by Crippen LogP contribution is 2.23. The molecule has 7 heteroatoms. The molecule has 2 N–H and O–H groups in total. The quantitative estimate of drug-likeness (QED) is 0.715. The van der Waals surface area contributed by atoms with Crippen molar-refractivity contribution < 1.29 is 9.59 Å². The van der Waals surface area contributed by atoms with Crippen LogP contribution in [0.15, 0.2) is 42.5 Å². The van der Waals surface area contributed by atoms with Gasteiger partial charge in [0, 0.05) is 23.3 Å². The zero-order chi connectivity index (χ0) is 17.0. The molecule has 3 amide bonds. The van der Waals surface area contributed by atoms with Crippen LogP contribution >= 0.6 is 24.4 Å². The van der Waals surface area contributed by atoms with Crippen molar-refractivity contribution in [3.8, 4) is 0 Å². The van der Waals surface area contributed by atoms with Crippen molar-refractivity contribution in [2.24, 2.45) is 0 Å². The predicted octanol–water partition coefficient (Wildman–Crippen LogP) is 4.49. The van der Waals surface area contributed by atoms with Crippen molar-refractivity contribution in [2.75, 3.05) is 14.9 Å². The van der Waals surface area contributed by atoms with Gasteiger partial charge >= 0.3 is 6.03 Å². The number of benzene rings is 2. The Morgan fingerprint density at radius 2 is 1.65 bits per heavy atom. The van der Waals surface area contributed by atoms with Gasteiger partial charge in [-0.3, -0.25) is 4.79 Å². The summed E-state index contributed by atoms with van der Waals surface area (Å²) in [6.07, 6.45) is 0. The Balaban J connectivity index is 2.06. The summed E-state index contributed by atoms with van der Waals surface area (Å²) in [5, 5.41) is 5.94. The first-order valence-corrected chi connectivity index (χ1v) is 7.58. The van der Waals surface area contributed by atoms with Gasteiger partial charge in [-0.15, -0.1) is 0 Å². The van der Waals surface area contributed by atoms with Gasteiger partial charge in [-0.2, -0.15) is 0 Å². The number of rotatable bonds is 3. The van der Waals surface area contributed by atoms with Crippen LogP contribution in [0.4, 0.5) is 21.9 Å². The lowest BCUT2D eigenvalue weighted by molar-refractivity contribution is -0.114. The smallest absolute Gasteiger partial charge is 0.326 e. The molecule has 5 nitrogen and oxygen atoms in total. The molecule has 0 spiro atoms. The molecule has 0 unspecified atom stereocenters. The Kier molecular flexibility index (Phi) is 5.52. The summed E-state index contributed by atoms with van der Waals surface area (Å²) in [4.78, 5) is 23.2. The van der Waals surface area contributed by atoms with E-state index < -0.39 is 6.03 Å². The highest BCUT2D eigenvalue weighted by molar-refractivity contribution is 7.82. The number of anilines is 3. The lowest BCUT2D eigenvalue weighted by Crippen LogP contribution is -2.26. The first-order chi connectivity index (χ1) is 10.9. The normalized spacial score (nSPS) is 10.1. The molecule has 0 fully saturated rings. The monoisotopic (exact) mass is 349 g/mol. The summed E-state index contributed by atoms with van der Waals surface area (Å²) in [6.45, 7) is 3.31. The summed E-state index contributed by atoms with van der Waals surface area (Å²) in [6, 6.07) is 11.6. The van der Waals surface area contributed by atoms with Crippen LogP contribution in [0.5, 0.6) is 0 Å². The second kappa shape index (κ2) is 7.39. The van der Waals surface area contributed by atoms with Gasteiger partial charge in [0.15, 0.2) is 0 Å². The standard InChI is InChI=1S/C16H16ClN3O2S/c1-10-3-4-13(9-15(10)17)19-16(22)20(23)14-7-5-12(6-8-14)18-11(2)21/h3-9,23H,1-2H3,(H,18,21)(H,19,22). The van der Waals surface area contributed by atoms with Crippen molar-refractivity contribution in [2.45, 2.75) is 13.8 Å². The van der Waals surface area contributed by atoms with E-state index in [4.69, 9.17) is 11.6 Å². The fraction of sp³-hybridized carbons (Fsp3) is 0.125. The number of urea groups is 1. The summed E-state index contributed by atoms with van der Waals surface area (Å²) in [5.41, 5.74) is 2.73. The number of hydrogen-bond acceptors (Lipinski definition) is 3. The topological polar surface area (TPSA) is 61.4 Å². The molecule has 2 rings (SSSR count). The van der Waals surface area contributed by atoms with E-state index >= 15 is 0 Å². The van der Waals surface area contributed by atoms with E-state index in [0.717, 1.165) is 5.56 Å². The fourth-order valence-corrected chi connectivity index (χ4v) is 2.22. The van der Waals surface area contributed by atoms with Crippen LogP contribution in [0.1, 0.15) is 12.5 Å². The zero-order valence-electron chi connectivity index (χ0n) is 12.6. The van der Waals surface area contributed by atoms with Crippen LogP contribution in [-0.4, -0.2) is 11.9 Å². The molecule has 23 heavy (non-hydrogen) atoms. The van der Waals surface area contributed by atoms with Gasteiger partial charge in [0.1, 0.15) is 0 Å². The number of hydrogen-bond donors (Lipinski definition) is 3. The zero-order valence-corrected chi connectivity index (χ0v) is 14.3. The van der Waals surface area contributed by atoms with Gasteiger partial charge in [0.2, 0.25) is 5.91 Å². The number of halogens is 1. The molecular formula is C16H16ClN3O2S. The minimum absolute atomic E-state index is 0.158. The largest absolute Gasteiger partial charge is 0.336 e. The third kappa shape index (κ3) is 4.64. The third-order valence-electron chi connectivity index (χ3n) is 3.05. The average molecular weight is 350 g/mol. The van der Waals surface area contributed by atoms with Gasteiger partial charge in [0.05, 0.1) is 5.69 Å². The molecule has 0 aliphatic heterocycles. The summed E-state index contributed by atoms with van der Waals surface area (Å²) >= 11 is 10.2. The SMILES string of the molecule is CC(=O)Nc1ccc(N(S)C(=O)Nc2ccc(C)c(Cl)c2)cc1. The van der Waals surface area contributed by atoms with Crippen molar-refractivity contribution in [1.29, 1.82) is 0 Å². The number of nitrogens with one attached hydrogen (secondary N) is 2. The lowest BCUT2D eigenvalue weighted by atomic mass is 10.2. The minimum Gasteiger partial charge on any atom is -0.326 e. The molecule has 0 aliphatic carbocycles. The first kappa shape index (κ1) is 17.2. The average Bonchev–Trinajstić information content (AvgIpc) is 2.50. The highest BCUT2D eigenvalue weighted by Gasteiger charge is 2.13. The Morgan fingerprint density at radius 3 is 2.22 bits per heavy atom. The van der Waals surface area contributed by atoms with Crippen molar-refractivity contribution in [1.82, 2.24) is 0 Å². The molecule has 0 radical (unpaired) electrons. The van der Waals surface area contributed by atoms with Crippen LogP contribution in [0.3, 0.4) is 0 Å². The maximum absolute atomic E-state index is 12.2. The molecule has 0 atom stereocenters. The van der Waals surface area contributed by atoms with Crippen LogP contribution in [0, 0.1) is 6.92 Å². The number of carbonyl (C=O) groups excluding carboxylic acids is 2. The fourth-order valence-electron chi connectivity index (χ4n) is 1.85. The predicted molar refractivity (Wildman–Crippen MR) is 97.4 cm³/mol. The Bertz CT molecular complexity index is 735.